The summed E-state index contributed by atoms with van der Waals surface area (Å²) in [6.07, 6.45) is 5.04. The zero-order valence-corrected chi connectivity index (χ0v) is 11.7. The van der Waals surface area contributed by atoms with Gasteiger partial charge in [0, 0.05) is 0 Å². The van der Waals surface area contributed by atoms with Crippen molar-refractivity contribution in [2.75, 3.05) is 13.2 Å². The highest BCUT2D eigenvalue weighted by atomic mass is 16.5. The number of hydrogen-bond donors (Lipinski definition) is 2. The van der Waals surface area contributed by atoms with E-state index in [1.807, 2.05) is 30.3 Å². The second-order valence-corrected chi connectivity index (χ2v) is 5.89. The first-order valence-electron chi connectivity index (χ1n) is 7.21. The molecular weight excluding hydrogens is 238 g/mol. The second-order valence-electron chi connectivity index (χ2n) is 5.89. The molecule has 1 saturated carbocycles. The molecular formula is C16H25NO2. The lowest BCUT2D eigenvalue weighted by molar-refractivity contribution is -0.0231. The molecule has 3 N–H and O–H groups in total. The number of aliphatic hydroxyl groups excluding tert-OH is 1. The Morgan fingerprint density at radius 1 is 1.32 bits per heavy atom. The van der Waals surface area contributed by atoms with Gasteiger partial charge in [0.15, 0.2) is 0 Å². The van der Waals surface area contributed by atoms with Crippen LogP contribution in [-0.2, 0) is 10.3 Å². The largest absolute Gasteiger partial charge is 0.394 e. The Hall–Kier alpha value is -0.900. The van der Waals surface area contributed by atoms with Gasteiger partial charge in [-0.25, -0.2) is 0 Å². The fraction of sp³-hybridized carbons (Fsp3) is 0.625. The molecule has 0 heterocycles. The minimum Gasteiger partial charge on any atom is -0.394 e. The lowest BCUT2D eigenvalue weighted by atomic mass is 9.88. The lowest BCUT2D eigenvalue weighted by Gasteiger charge is -2.32. The van der Waals surface area contributed by atoms with E-state index in [0.717, 1.165) is 24.3 Å². The van der Waals surface area contributed by atoms with E-state index in [1.54, 1.807) is 0 Å². The molecule has 1 fully saturated rings. The molecule has 1 aliphatic rings. The third kappa shape index (κ3) is 3.78. The maximum atomic E-state index is 9.62. The fourth-order valence-electron chi connectivity index (χ4n) is 2.79. The summed E-state index contributed by atoms with van der Waals surface area (Å²) in [5, 5.41) is 9.62. The van der Waals surface area contributed by atoms with Gasteiger partial charge in [-0.1, -0.05) is 50.1 Å². The molecule has 1 aromatic rings. The van der Waals surface area contributed by atoms with Gasteiger partial charge in [0.25, 0.3) is 0 Å². The highest BCUT2D eigenvalue weighted by Crippen LogP contribution is 2.27. The molecule has 0 bridgehead atoms. The van der Waals surface area contributed by atoms with Crippen LogP contribution in [0.4, 0.5) is 0 Å². The summed E-state index contributed by atoms with van der Waals surface area (Å²) in [7, 11) is 0. The molecule has 3 unspecified atom stereocenters. The van der Waals surface area contributed by atoms with Gasteiger partial charge < -0.3 is 15.6 Å². The smallest absolute Gasteiger partial charge is 0.0881 e. The van der Waals surface area contributed by atoms with Crippen molar-refractivity contribution in [2.24, 2.45) is 11.7 Å². The van der Waals surface area contributed by atoms with E-state index in [1.165, 1.54) is 12.8 Å². The van der Waals surface area contributed by atoms with E-state index in [-0.39, 0.29) is 6.61 Å². The number of nitrogens with two attached hydrogens (primary N) is 1. The molecule has 2 rings (SSSR count). The lowest BCUT2D eigenvalue weighted by Crippen LogP contribution is -2.46. The second kappa shape index (κ2) is 6.51. The summed E-state index contributed by atoms with van der Waals surface area (Å²) in [6.45, 7) is 2.55. The number of hydrogen-bond acceptors (Lipinski definition) is 3. The van der Waals surface area contributed by atoms with E-state index in [0.29, 0.717) is 12.7 Å². The molecule has 3 heteroatoms. The van der Waals surface area contributed by atoms with Crippen LogP contribution in [0.2, 0.25) is 0 Å². The Kier molecular flexibility index (Phi) is 4.97. The van der Waals surface area contributed by atoms with Crippen molar-refractivity contribution in [1.29, 1.82) is 0 Å². The SMILES string of the molecule is CC1CCCC(OCC(N)(CO)c2ccccc2)C1. The van der Waals surface area contributed by atoms with Gasteiger partial charge in [-0.05, 0) is 24.3 Å². The highest BCUT2D eigenvalue weighted by Gasteiger charge is 2.29. The summed E-state index contributed by atoms with van der Waals surface area (Å²) in [4.78, 5) is 0. The summed E-state index contributed by atoms with van der Waals surface area (Å²) in [6, 6.07) is 9.72. The third-order valence-corrected chi connectivity index (χ3v) is 4.10. The van der Waals surface area contributed by atoms with Crippen molar-refractivity contribution >= 4 is 0 Å². The van der Waals surface area contributed by atoms with Crippen LogP contribution in [0.15, 0.2) is 30.3 Å². The van der Waals surface area contributed by atoms with Crippen LogP contribution in [-0.4, -0.2) is 24.4 Å². The number of benzene rings is 1. The molecule has 19 heavy (non-hydrogen) atoms. The summed E-state index contributed by atoms with van der Waals surface area (Å²) in [5.41, 5.74) is 6.44. The predicted octanol–water partition coefficient (Wildman–Crippen LogP) is 2.43. The van der Waals surface area contributed by atoms with Crippen molar-refractivity contribution in [2.45, 2.75) is 44.2 Å². The average Bonchev–Trinajstić information content (AvgIpc) is 2.46. The van der Waals surface area contributed by atoms with Gasteiger partial charge >= 0.3 is 0 Å². The first-order valence-corrected chi connectivity index (χ1v) is 7.21. The van der Waals surface area contributed by atoms with Gasteiger partial charge in [0.05, 0.1) is 24.9 Å². The van der Waals surface area contributed by atoms with Gasteiger partial charge in [-0.3, -0.25) is 0 Å². The van der Waals surface area contributed by atoms with Crippen molar-refractivity contribution < 1.29 is 9.84 Å². The molecule has 1 aromatic carbocycles. The molecule has 0 saturated heterocycles. The van der Waals surface area contributed by atoms with Gasteiger partial charge in [-0.2, -0.15) is 0 Å². The summed E-state index contributed by atoms with van der Waals surface area (Å²) < 4.78 is 5.98. The molecule has 1 aliphatic carbocycles. The number of rotatable bonds is 5. The van der Waals surface area contributed by atoms with E-state index >= 15 is 0 Å². The van der Waals surface area contributed by atoms with E-state index < -0.39 is 5.54 Å². The molecule has 0 amide bonds. The molecule has 0 aromatic heterocycles. The van der Waals surface area contributed by atoms with Crippen LogP contribution >= 0.6 is 0 Å². The first-order chi connectivity index (χ1) is 9.14. The average molecular weight is 263 g/mol. The summed E-state index contributed by atoms with van der Waals surface area (Å²) >= 11 is 0. The zero-order valence-electron chi connectivity index (χ0n) is 11.7. The molecule has 3 atom stereocenters. The normalized spacial score (nSPS) is 26.9. The minimum absolute atomic E-state index is 0.0979. The Bertz CT molecular complexity index is 382. The van der Waals surface area contributed by atoms with Crippen LogP contribution in [0.3, 0.4) is 0 Å². The van der Waals surface area contributed by atoms with E-state index in [9.17, 15) is 5.11 Å². The van der Waals surface area contributed by atoms with Crippen LogP contribution < -0.4 is 5.73 Å². The van der Waals surface area contributed by atoms with Crippen molar-refractivity contribution in [1.82, 2.24) is 0 Å². The van der Waals surface area contributed by atoms with Crippen LogP contribution in [0.25, 0.3) is 0 Å². The third-order valence-electron chi connectivity index (χ3n) is 4.10. The molecule has 0 aliphatic heterocycles. The Balaban J connectivity index is 1.95. The van der Waals surface area contributed by atoms with Crippen LogP contribution in [0, 0.1) is 5.92 Å². The monoisotopic (exact) mass is 263 g/mol. The quantitative estimate of drug-likeness (QED) is 0.858. The van der Waals surface area contributed by atoms with E-state index in [4.69, 9.17) is 10.5 Å². The highest BCUT2D eigenvalue weighted by molar-refractivity contribution is 5.24. The van der Waals surface area contributed by atoms with Crippen LogP contribution in [0.1, 0.15) is 38.2 Å². The van der Waals surface area contributed by atoms with Crippen molar-refractivity contribution in [3.8, 4) is 0 Å². The Labute approximate surface area is 115 Å². The standard InChI is InChI=1S/C16H25NO2/c1-13-6-5-9-15(10-13)19-12-16(17,11-18)14-7-3-2-4-8-14/h2-4,7-8,13,15,18H,5-6,9-12,17H2,1H3. The maximum Gasteiger partial charge on any atom is 0.0881 e. The number of ether oxygens (including phenoxy) is 1. The van der Waals surface area contributed by atoms with Crippen LogP contribution in [0.5, 0.6) is 0 Å². The van der Waals surface area contributed by atoms with Gasteiger partial charge in [0.2, 0.25) is 0 Å². The zero-order chi connectivity index (χ0) is 13.7. The molecule has 0 radical (unpaired) electrons. The minimum atomic E-state index is -0.790. The molecule has 106 valence electrons. The Morgan fingerprint density at radius 2 is 2.05 bits per heavy atom. The molecule has 3 nitrogen and oxygen atoms in total. The van der Waals surface area contributed by atoms with Crippen molar-refractivity contribution in [3.63, 3.8) is 0 Å². The number of aliphatic hydroxyl groups is 1. The van der Waals surface area contributed by atoms with Gasteiger partial charge in [0.1, 0.15) is 0 Å². The Morgan fingerprint density at radius 3 is 2.68 bits per heavy atom. The van der Waals surface area contributed by atoms with Crippen molar-refractivity contribution in [3.05, 3.63) is 35.9 Å². The predicted molar refractivity (Wildman–Crippen MR) is 76.8 cm³/mol. The summed E-state index contributed by atoms with van der Waals surface area (Å²) in [5.74, 6) is 0.733. The topological polar surface area (TPSA) is 55.5 Å². The maximum absolute atomic E-state index is 9.62. The fourth-order valence-corrected chi connectivity index (χ4v) is 2.79. The molecule has 0 spiro atoms. The first kappa shape index (κ1) is 14.5. The van der Waals surface area contributed by atoms with E-state index in [2.05, 4.69) is 6.92 Å². The van der Waals surface area contributed by atoms with Gasteiger partial charge in [-0.15, -0.1) is 0 Å².